The zero-order valence-electron chi connectivity index (χ0n) is 9.96. The Morgan fingerprint density at radius 2 is 1.89 bits per heavy atom. The van der Waals surface area contributed by atoms with Crippen LogP contribution in [0.3, 0.4) is 0 Å². The van der Waals surface area contributed by atoms with Gasteiger partial charge in [0.2, 0.25) is 0 Å². The molecule has 6 nitrogen and oxygen atoms in total. The quantitative estimate of drug-likeness (QED) is 0.837. The highest BCUT2D eigenvalue weighted by Crippen LogP contribution is 2.27. The molecule has 1 aromatic carbocycles. The molecule has 1 aliphatic rings. The van der Waals surface area contributed by atoms with Crippen LogP contribution in [0.5, 0.6) is 0 Å². The highest BCUT2D eigenvalue weighted by Gasteiger charge is 2.24. The van der Waals surface area contributed by atoms with Gasteiger partial charge in [-0.3, -0.25) is 4.79 Å². The Morgan fingerprint density at radius 3 is 2.47 bits per heavy atom. The van der Waals surface area contributed by atoms with Crippen LogP contribution in [-0.2, 0) is 13.1 Å². The first-order valence-electron chi connectivity index (χ1n) is 5.80. The number of aromatic carboxylic acids is 1. The molecule has 2 heterocycles. The predicted molar refractivity (Wildman–Crippen MR) is 68.1 cm³/mol. The third-order valence-electron chi connectivity index (χ3n) is 3.16. The molecule has 3 rings (SSSR count). The van der Waals surface area contributed by atoms with Crippen LogP contribution in [0, 0.1) is 0 Å². The topological polar surface area (TPSA) is 86.3 Å². The molecule has 0 amide bonds. The molecule has 2 N–H and O–H groups in total. The smallest absolute Gasteiger partial charge is 0.339 e. The highest BCUT2D eigenvalue weighted by atomic mass is 16.4. The lowest BCUT2D eigenvalue weighted by molar-refractivity contribution is 0.0696. The summed E-state index contributed by atoms with van der Waals surface area (Å²) in [6, 6.07) is 8.96. The third-order valence-corrected chi connectivity index (χ3v) is 3.16. The summed E-state index contributed by atoms with van der Waals surface area (Å²) in [6.07, 6.45) is 0. The van der Waals surface area contributed by atoms with Gasteiger partial charge in [0.1, 0.15) is 5.56 Å². The van der Waals surface area contributed by atoms with E-state index < -0.39 is 11.5 Å². The lowest BCUT2D eigenvalue weighted by Crippen LogP contribution is -2.23. The molecule has 0 saturated heterocycles. The fourth-order valence-corrected chi connectivity index (χ4v) is 2.28. The Kier molecular flexibility index (Phi) is 2.56. The Morgan fingerprint density at radius 1 is 1.26 bits per heavy atom. The van der Waals surface area contributed by atoms with Crippen molar-refractivity contribution in [3.8, 4) is 0 Å². The number of hydrogen-bond acceptors (Lipinski definition) is 4. The van der Waals surface area contributed by atoms with E-state index >= 15 is 0 Å². The summed E-state index contributed by atoms with van der Waals surface area (Å²) in [4.78, 5) is 24.2. The number of rotatable bonds is 2. The van der Waals surface area contributed by atoms with Crippen molar-refractivity contribution in [1.29, 1.82) is 0 Å². The number of carboxylic acids is 1. The van der Waals surface area contributed by atoms with Crippen molar-refractivity contribution in [2.75, 3.05) is 4.90 Å². The Labute approximate surface area is 108 Å². The van der Waals surface area contributed by atoms with Crippen molar-refractivity contribution in [3.63, 3.8) is 0 Å². The number of carboxylic acid groups (broad SMARTS) is 1. The number of fused-ring (bicyclic) bond motifs is 1. The van der Waals surface area contributed by atoms with Crippen LogP contribution < -0.4 is 10.5 Å². The first kappa shape index (κ1) is 11.5. The van der Waals surface area contributed by atoms with E-state index in [1.165, 1.54) is 0 Å². The van der Waals surface area contributed by atoms with E-state index in [0.717, 1.165) is 17.2 Å². The van der Waals surface area contributed by atoms with Crippen molar-refractivity contribution in [3.05, 3.63) is 57.4 Å². The number of benzene rings is 1. The summed E-state index contributed by atoms with van der Waals surface area (Å²) in [6.45, 7) is 1.19. The van der Waals surface area contributed by atoms with Crippen molar-refractivity contribution >= 4 is 11.8 Å². The summed E-state index contributed by atoms with van der Waals surface area (Å²) in [5.41, 5.74) is 1.70. The molecular weight excluding hydrogens is 246 g/mol. The molecule has 0 radical (unpaired) electrons. The fourth-order valence-electron chi connectivity index (χ4n) is 2.28. The molecule has 0 bridgehead atoms. The number of H-pyrrole nitrogens is 1. The molecule has 2 aromatic rings. The van der Waals surface area contributed by atoms with Crippen molar-refractivity contribution in [2.24, 2.45) is 0 Å². The molecule has 0 fully saturated rings. The van der Waals surface area contributed by atoms with E-state index in [1.807, 2.05) is 29.2 Å². The Hall–Kier alpha value is -2.63. The standard InChI is InChI=1S/C13H11N3O3/c17-11-5-10(13(18)19)12(15-14-11)16-6-8-3-1-2-4-9(8)7-16/h1-5H,6-7H2,(H,14,17)(H,18,19). The van der Waals surface area contributed by atoms with Crippen LogP contribution in [-0.4, -0.2) is 21.3 Å². The highest BCUT2D eigenvalue weighted by molar-refractivity contribution is 5.93. The van der Waals surface area contributed by atoms with Crippen molar-refractivity contribution in [1.82, 2.24) is 10.2 Å². The molecule has 1 aromatic heterocycles. The Bertz CT molecular complexity index is 683. The largest absolute Gasteiger partial charge is 0.478 e. The van der Waals surface area contributed by atoms with Crippen LogP contribution in [0.1, 0.15) is 21.5 Å². The maximum atomic E-state index is 11.2. The summed E-state index contributed by atoms with van der Waals surface area (Å²) < 4.78 is 0. The predicted octanol–water partition coefficient (Wildman–Crippen LogP) is 0.988. The number of carbonyl (C=O) groups is 1. The molecule has 0 saturated carbocycles. The minimum absolute atomic E-state index is 0.0726. The van der Waals surface area contributed by atoms with Crippen LogP contribution >= 0.6 is 0 Å². The van der Waals surface area contributed by atoms with E-state index in [1.54, 1.807) is 0 Å². The second kappa shape index (κ2) is 4.24. The van der Waals surface area contributed by atoms with E-state index in [9.17, 15) is 9.59 Å². The number of nitrogens with zero attached hydrogens (tertiary/aromatic N) is 2. The van der Waals surface area contributed by atoms with Crippen LogP contribution in [0.15, 0.2) is 35.1 Å². The normalized spacial score (nSPS) is 13.4. The molecule has 0 unspecified atom stereocenters. The van der Waals surface area contributed by atoms with Crippen molar-refractivity contribution < 1.29 is 9.90 Å². The second-order valence-corrected chi connectivity index (χ2v) is 4.40. The molecule has 19 heavy (non-hydrogen) atoms. The van der Waals surface area contributed by atoms with Gasteiger partial charge in [-0.15, -0.1) is 0 Å². The summed E-state index contributed by atoms with van der Waals surface area (Å²) in [5, 5.41) is 15.3. The van der Waals surface area contributed by atoms with Crippen molar-refractivity contribution in [2.45, 2.75) is 13.1 Å². The molecular formula is C13H11N3O3. The molecule has 6 heteroatoms. The van der Waals surface area contributed by atoms with Gasteiger partial charge in [-0.05, 0) is 11.1 Å². The van der Waals surface area contributed by atoms with Gasteiger partial charge in [0, 0.05) is 19.2 Å². The summed E-state index contributed by atoms with van der Waals surface area (Å²) in [7, 11) is 0. The van der Waals surface area contributed by atoms with Crippen LogP contribution in [0.2, 0.25) is 0 Å². The Balaban J connectivity index is 2.02. The third kappa shape index (κ3) is 1.97. The zero-order chi connectivity index (χ0) is 13.4. The number of aromatic nitrogens is 2. The lowest BCUT2D eigenvalue weighted by Gasteiger charge is -2.17. The molecule has 0 atom stereocenters. The zero-order valence-corrected chi connectivity index (χ0v) is 9.96. The molecule has 0 spiro atoms. The van der Waals surface area contributed by atoms with Crippen LogP contribution in [0.4, 0.5) is 5.82 Å². The minimum atomic E-state index is -1.15. The maximum Gasteiger partial charge on any atom is 0.339 e. The van der Waals surface area contributed by atoms with Gasteiger partial charge >= 0.3 is 5.97 Å². The van der Waals surface area contributed by atoms with Gasteiger partial charge in [0.15, 0.2) is 5.82 Å². The number of hydrogen-bond donors (Lipinski definition) is 2. The lowest BCUT2D eigenvalue weighted by atomic mass is 10.1. The maximum absolute atomic E-state index is 11.2. The van der Waals surface area contributed by atoms with Gasteiger partial charge in [0.25, 0.3) is 5.56 Å². The summed E-state index contributed by atoms with van der Waals surface area (Å²) in [5.74, 6) is -0.854. The number of anilines is 1. The van der Waals surface area contributed by atoms with Gasteiger partial charge in [0.05, 0.1) is 0 Å². The first-order chi connectivity index (χ1) is 9.15. The molecule has 1 aliphatic heterocycles. The number of aromatic amines is 1. The van der Waals surface area contributed by atoms with E-state index in [2.05, 4.69) is 10.2 Å². The average Bonchev–Trinajstić information content (AvgIpc) is 2.82. The van der Waals surface area contributed by atoms with E-state index in [4.69, 9.17) is 5.11 Å². The monoisotopic (exact) mass is 257 g/mol. The molecule has 96 valence electrons. The summed E-state index contributed by atoms with van der Waals surface area (Å²) >= 11 is 0. The fraction of sp³-hybridized carbons (Fsp3) is 0.154. The SMILES string of the molecule is O=C(O)c1cc(=O)[nH]nc1N1Cc2ccccc2C1. The van der Waals surface area contributed by atoms with Crippen LogP contribution in [0.25, 0.3) is 0 Å². The average molecular weight is 257 g/mol. The van der Waals surface area contributed by atoms with E-state index in [0.29, 0.717) is 18.9 Å². The van der Waals surface area contributed by atoms with Gasteiger partial charge in [-0.25, -0.2) is 9.89 Å². The van der Waals surface area contributed by atoms with Gasteiger partial charge < -0.3 is 10.0 Å². The van der Waals surface area contributed by atoms with Gasteiger partial charge in [-0.2, -0.15) is 5.10 Å². The van der Waals surface area contributed by atoms with Gasteiger partial charge in [-0.1, -0.05) is 24.3 Å². The van der Waals surface area contributed by atoms with E-state index in [-0.39, 0.29) is 5.56 Å². The minimum Gasteiger partial charge on any atom is -0.478 e. The number of nitrogens with one attached hydrogen (secondary N) is 1. The first-order valence-corrected chi connectivity index (χ1v) is 5.80. The second-order valence-electron chi connectivity index (χ2n) is 4.40. The molecule has 0 aliphatic carbocycles.